The number of aryl methyl sites for hydroxylation is 1. The van der Waals surface area contributed by atoms with Gasteiger partial charge in [0.25, 0.3) is 10.0 Å². The summed E-state index contributed by atoms with van der Waals surface area (Å²) in [7, 11) is -3.69. The first kappa shape index (κ1) is 15.4. The molecule has 0 aliphatic rings. The van der Waals surface area contributed by atoms with Gasteiger partial charge in [0, 0.05) is 5.38 Å². The minimum atomic E-state index is -3.69. The van der Waals surface area contributed by atoms with Crippen LogP contribution in [-0.4, -0.2) is 24.5 Å². The third-order valence-electron chi connectivity index (χ3n) is 2.21. The average Bonchev–Trinajstić information content (AvgIpc) is 2.86. The molecule has 2 N–H and O–H groups in total. The van der Waals surface area contributed by atoms with E-state index in [1.807, 2.05) is 0 Å². The Kier molecular flexibility index (Phi) is 4.47. The summed E-state index contributed by atoms with van der Waals surface area (Å²) < 4.78 is 27.5. The Morgan fingerprint density at radius 3 is 2.80 bits per heavy atom. The number of hydrogen-bond acceptors (Lipinski definition) is 6. The van der Waals surface area contributed by atoms with Gasteiger partial charge in [-0.3, -0.25) is 9.52 Å². The van der Waals surface area contributed by atoms with Gasteiger partial charge in [-0.15, -0.1) is 22.7 Å². The smallest absolute Gasteiger partial charge is 0.309 e. The Morgan fingerprint density at radius 1 is 1.55 bits per heavy atom. The third-order valence-corrected chi connectivity index (χ3v) is 7.09. The number of carbonyl (C=O) groups is 1. The van der Waals surface area contributed by atoms with Crippen molar-refractivity contribution in [1.82, 2.24) is 4.98 Å². The molecule has 0 saturated heterocycles. The van der Waals surface area contributed by atoms with Crippen LogP contribution in [0.25, 0.3) is 0 Å². The molecule has 10 heteroatoms. The molecule has 2 rings (SSSR count). The molecule has 0 aliphatic heterocycles. The van der Waals surface area contributed by atoms with E-state index in [0.29, 0.717) is 5.69 Å². The van der Waals surface area contributed by atoms with Crippen molar-refractivity contribution in [3.8, 4) is 0 Å². The van der Waals surface area contributed by atoms with E-state index >= 15 is 0 Å². The van der Waals surface area contributed by atoms with Crippen LogP contribution in [0.15, 0.2) is 19.4 Å². The van der Waals surface area contributed by atoms with Gasteiger partial charge in [0.1, 0.15) is 4.21 Å². The molecule has 2 aromatic rings. The molecule has 0 amide bonds. The van der Waals surface area contributed by atoms with Gasteiger partial charge >= 0.3 is 5.97 Å². The standard InChI is InChI=1S/C10H9BrN2O4S3/c1-5-2-8(19-9(5)11)20(16,17)13-10-12-6(4-18-10)3-7(14)15/h2,4H,3H2,1H3,(H,12,13)(H,14,15). The van der Waals surface area contributed by atoms with Gasteiger partial charge in [0.15, 0.2) is 5.13 Å². The number of hydrogen-bond donors (Lipinski definition) is 2. The fourth-order valence-corrected chi connectivity index (χ4v) is 5.51. The Morgan fingerprint density at radius 2 is 2.25 bits per heavy atom. The van der Waals surface area contributed by atoms with Gasteiger partial charge in [-0.05, 0) is 34.5 Å². The summed E-state index contributed by atoms with van der Waals surface area (Å²) in [5.74, 6) is -1.01. The van der Waals surface area contributed by atoms with E-state index in [2.05, 4.69) is 25.6 Å². The number of aromatic nitrogens is 1. The predicted octanol–water partition coefficient (Wildman–Crippen LogP) is 2.70. The number of thiophene rings is 1. The first-order chi connectivity index (χ1) is 9.28. The SMILES string of the molecule is Cc1cc(S(=O)(=O)Nc2nc(CC(=O)O)cs2)sc1Br. The third kappa shape index (κ3) is 3.57. The number of anilines is 1. The highest BCUT2D eigenvalue weighted by Crippen LogP contribution is 2.32. The summed E-state index contributed by atoms with van der Waals surface area (Å²) in [4.78, 5) is 14.5. The number of thiazole rings is 1. The first-order valence-corrected chi connectivity index (χ1v) is 9.20. The van der Waals surface area contributed by atoms with Crippen LogP contribution in [-0.2, 0) is 21.2 Å². The molecule has 0 radical (unpaired) electrons. The molecule has 0 aromatic carbocycles. The van der Waals surface area contributed by atoms with Gasteiger partial charge in [-0.1, -0.05) is 0 Å². The molecule has 0 fully saturated rings. The number of aliphatic carboxylic acids is 1. The molecule has 0 atom stereocenters. The predicted molar refractivity (Wildman–Crippen MR) is 81.0 cm³/mol. The molecular formula is C10H9BrN2O4S3. The molecule has 2 heterocycles. The minimum absolute atomic E-state index is 0.156. The molecular weight excluding hydrogens is 388 g/mol. The van der Waals surface area contributed by atoms with Crippen molar-refractivity contribution in [2.45, 2.75) is 17.6 Å². The number of nitrogens with one attached hydrogen (secondary N) is 1. The van der Waals surface area contributed by atoms with Crippen LogP contribution in [0.5, 0.6) is 0 Å². The summed E-state index contributed by atoms with van der Waals surface area (Å²) in [6.07, 6.45) is -0.234. The molecule has 2 aromatic heterocycles. The van der Waals surface area contributed by atoms with E-state index < -0.39 is 16.0 Å². The monoisotopic (exact) mass is 396 g/mol. The summed E-state index contributed by atoms with van der Waals surface area (Å²) in [6.45, 7) is 1.80. The minimum Gasteiger partial charge on any atom is -0.481 e. The highest BCUT2D eigenvalue weighted by atomic mass is 79.9. The molecule has 20 heavy (non-hydrogen) atoms. The summed E-state index contributed by atoms with van der Waals surface area (Å²) in [5.41, 5.74) is 1.16. The van der Waals surface area contributed by atoms with Crippen LogP contribution in [0.4, 0.5) is 5.13 Å². The fourth-order valence-electron chi connectivity index (χ4n) is 1.32. The average molecular weight is 397 g/mol. The van der Waals surface area contributed by atoms with Crippen molar-refractivity contribution in [3.63, 3.8) is 0 Å². The van der Waals surface area contributed by atoms with Gasteiger partial charge in [-0.2, -0.15) is 0 Å². The number of sulfonamides is 1. The molecule has 0 bridgehead atoms. The van der Waals surface area contributed by atoms with Crippen molar-refractivity contribution >= 4 is 59.7 Å². The second kappa shape index (κ2) is 5.80. The molecule has 0 aliphatic carbocycles. The fraction of sp³-hybridized carbons (Fsp3) is 0.200. The quantitative estimate of drug-likeness (QED) is 0.809. The van der Waals surface area contributed by atoms with Gasteiger partial charge in [0.2, 0.25) is 0 Å². The molecule has 6 nitrogen and oxygen atoms in total. The number of carboxylic acids is 1. The maximum absolute atomic E-state index is 12.1. The lowest BCUT2D eigenvalue weighted by atomic mass is 10.3. The number of nitrogens with zero attached hydrogens (tertiary/aromatic N) is 1. The van der Waals surface area contributed by atoms with Crippen LogP contribution in [0.2, 0.25) is 0 Å². The normalized spacial score (nSPS) is 11.5. The highest BCUT2D eigenvalue weighted by molar-refractivity contribution is 9.11. The molecule has 0 unspecified atom stereocenters. The maximum atomic E-state index is 12.1. The highest BCUT2D eigenvalue weighted by Gasteiger charge is 2.20. The van der Waals surface area contributed by atoms with Crippen LogP contribution >= 0.6 is 38.6 Å². The van der Waals surface area contributed by atoms with Crippen LogP contribution in [0, 0.1) is 6.92 Å². The largest absolute Gasteiger partial charge is 0.481 e. The second-order valence-corrected chi connectivity index (χ2v) is 8.98. The first-order valence-electron chi connectivity index (χ1n) is 5.23. The lowest BCUT2D eigenvalue weighted by Crippen LogP contribution is -2.11. The van der Waals surface area contributed by atoms with Crippen LogP contribution in [0.1, 0.15) is 11.3 Å². The van der Waals surface area contributed by atoms with Crippen molar-refractivity contribution in [2.24, 2.45) is 0 Å². The van der Waals surface area contributed by atoms with E-state index in [0.717, 1.165) is 32.0 Å². The Balaban J connectivity index is 2.20. The van der Waals surface area contributed by atoms with E-state index in [4.69, 9.17) is 5.11 Å². The molecule has 108 valence electrons. The summed E-state index contributed by atoms with van der Waals surface area (Å²) in [6, 6.07) is 1.56. The van der Waals surface area contributed by atoms with Crippen LogP contribution < -0.4 is 4.72 Å². The summed E-state index contributed by atoms with van der Waals surface area (Å²) in [5, 5.41) is 10.3. The molecule has 0 spiro atoms. The zero-order valence-corrected chi connectivity index (χ0v) is 14.1. The van der Waals surface area contributed by atoms with Crippen molar-refractivity contribution in [2.75, 3.05) is 4.72 Å². The number of halogens is 1. The zero-order valence-electron chi connectivity index (χ0n) is 10.1. The van der Waals surface area contributed by atoms with Crippen LogP contribution in [0.3, 0.4) is 0 Å². The Labute approximate surface area is 131 Å². The summed E-state index contributed by atoms with van der Waals surface area (Å²) >= 11 is 5.43. The lowest BCUT2D eigenvalue weighted by Gasteiger charge is -2.01. The number of rotatable bonds is 5. The van der Waals surface area contributed by atoms with E-state index in [9.17, 15) is 13.2 Å². The van der Waals surface area contributed by atoms with E-state index in [-0.39, 0.29) is 15.8 Å². The lowest BCUT2D eigenvalue weighted by molar-refractivity contribution is -0.136. The molecule has 0 saturated carbocycles. The topological polar surface area (TPSA) is 96.4 Å². The van der Waals surface area contributed by atoms with Gasteiger partial charge in [-0.25, -0.2) is 13.4 Å². The van der Waals surface area contributed by atoms with Gasteiger partial charge in [0.05, 0.1) is 15.9 Å². The van der Waals surface area contributed by atoms with Crippen molar-refractivity contribution in [3.05, 3.63) is 26.5 Å². The second-order valence-electron chi connectivity index (χ2n) is 3.84. The van der Waals surface area contributed by atoms with Crippen molar-refractivity contribution in [1.29, 1.82) is 0 Å². The zero-order chi connectivity index (χ0) is 14.9. The Hall–Kier alpha value is -0.970. The van der Waals surface area contributed by atoms with E-state index in [1.165, 1.54) is 5.38 Å². The Bertz CT molecular complexity index is 731. The van der Waals surface area contributed by atoms with Gasteiger partial charge < -0.3 is 5.11 Å². The number of carboxylic acid groups (broad SMARTS) is 1. The van der Waals surface area contributed by atoms with Crippen molar-refractivity contribution < 1.29 is 18.3 Å². The maximum Gasteiger partial charge on any atom is 0.309 e. The van der Waals surface area contributed by atoms with E-state index in [1.54, 1.807) is 13.0 Å².